The summed E-state index contributed by atoms with van der Waals surface area (Å²) in [6.07, 6.45) is -6.29. The average molecular weight is 489 g/mol. The van der Waals surface area contributed by atoms with Crippen molar-refractivity contribution in [1.82, 2.24) is 15.3 Å². The van der Waals surface area contributed by atoms with Crippen molar-refractivity contribution < 1.29 is 31.1 Å². The number of carbonyl (C=O) groups excluding carboxylic acids is 1. The molecule has 1 aromatic rings. The summed E-state index contributed by atoms with van der Waals surface area (Å²) in [6, 6.07) is 0.928. The largest absolute Gasteiger partial charge is 0.416 e. The van der Waals surface area contributed by atoms with Crippen molar-refractivity contribution in [3.8, 4) is 0 Å². The third kappa shape index (κ3) is 8.44. The maximum atomic E-state index is 13.0. The molecule has 176 valence electrons. The molecule has 4 nitrogen and oxygen atoms in total. The number of halogens is 6. The molecule has 1 fully saturated rings. The Bertz CT molecular complexity index is 706. The Balaban J connectivity index is 1.89. The lowest BCUT2D eigenvalue weighted by molar-refractivity contribution is -0.143. The SMILES string of the molecule is CSP(C)NCCN1CCC(CNC(=O)c2cc(C(F)(F)F)cc(C(F)(F)F)c2)CC1. The number of rotatable bonds is 8. The van der Waals surface area contributed by atoms with E-state index >= 15 is 0 Å². The van der Waals surface area contributed by atoms with Gasteiger partial charge < -0.3 is 10.2 Å². The smallest absolute Gasteiger partial charge is 0.352 e. The summed E-state index contributed by atoms with van der Waals surface area (Å²) >= 11 is 1.79. The molecule has 0 aromatic heterocycles. The zero-order valence-electron chi connectivity index (χ0n) is 17.2. The van der Waals surface area contributed by atoms with Gasteiger partial charge in [-0.05, 0) is 63.0 Å². The van der Waals surface area contributed by atoms with Gasteiger partial charge in [-0.15, -0.1) is 11.4 Å². The molecule has 0 aliphatic carbocycles. The summed E-state index contributed by atoms with van der Waals surface area (Å²) in [5.74, 6) is -0.799. The first-order valence-corrected chi connectivity index (χ1v) is 13.3. The van der Waals surface area contributed by atoms with Crippen molar-refractivity contribution >= 4 is 24.6 Å². The second-order valence-electron chi connectivity index (χ2n) is 7.38. The van der Waals surface area contributed by atoms with Crippen LogP contribution in [0.25, 0.3) is 0 Å². The normalized spacial score (nSPS) is 17.5. The van der Waals surface area contributed by atoms with Crippen molar-refractivity contribution in [2.24, 2.45) is 5.92 Å². The molecular formula is C19H26F6N3OPS. The van der Waals surface area contributed by atoms with Crippen LogP contribution in [0.2, 0.25) is 0 Å². The number of nitrogens with one attached hydrogen (secondary N) is 2. The minimum Gasteiger partial charge on any atom is -0.352 e. The van der Waals surface area contributed by atoms with Crippen LogP contribution in [0.1, 0.15) is 34.3 Å². The molecule has 31 heavy (non-hydrogen) atoms. The number of benzene rings is 1. The molecule has 1 saturated heterocycles. The maximum absolute atomic E-state index is 13.0. The molecule has 0 bridgehead atoms. The number of carbonyl (C=O) groups is 1. The quantitative estimate of drug-likeness (QED) is 0.396. The monoisotopic (exact) mass is 489 g/mol. The van der Waals surface area contributed by atoms with Crippen LogP contribution in [0, 0.1) is 5.92 Å². The Labute approximate surface area is 183 Å². The Morgan fingerprint density at radius 2 is 1.65 bits per heavy atom. The van der Waals surface area contributed by atoms with Gasteiger partial charge in [0.1, 0.15) is 0 Å². The van der Waals surface area contributed by atoms with Gasteiger partial charge in [0.05, 0.1) is 11.1 Å². The first-order chi connectivity index (χ1) is 14.4. The molecule has 0 radical (unpaired) electrons. The highest BCUT2D eigenvalue weighted by Gasteiger charge is 2.37. The minimum atomic E-state index is -4.98. The third-order valence-electron chi connectivity index (χ3n) is 5.14. The molecule has 1 aliphatic rings. The highest BCUT2D eigenvalue weighted by Crippen LogP contribution is 2.38. The minimum absolute atomic E-state index is 0.0163. The summed E-state index contributed by atoms with van der Waals surface area (Å²) in [4.78, 5) is 14.6. The van der Waals surface area contributed by atoms with Gasteiger partial charge in [-0.2, -0.15) is 26.3 Å². The molecule has 0 spiro atoms. The Morgan fingerprint density at radius 3 is 2.13 bits per heavy atom. The summed E-state index contributed by atoms with van der Waals surface area (Å²) in [5.41, 5.74) is -3.63. The molecule has 1 unspecified atom stereocenters. The van der Waals surface area contributed by atoms with Crippen molar-refractivity contribution in [2.75, 3.05) is 45.6 Å². The summed E-state index contributed by atoms with van der Waals surface area (Å²) in [7, 11) is -0.217. The zero-order valence-corrected chi connectivity index (χ0v) is 18.9. The number of likely N-dealkylation sites (tertiary alicyclic amines) is 1. The fourth-order valence-electron chi connectivity index (χ4n) is 3.27. The highest BCUT2D eigenvalue weighted by atomic mass is 32.7. The summed E-state index contributed by atoms with van der Waals surface area (Å²) in [5, 5.41) is 5.95. The summed E-state index contributed by atoms with van der Waals surface area (Å²) < 4.78 is 77.7. The highest BCUT2D eigenvalue weighted by molar-refractivity contribution is 8.54. The van der Waals surface area contributed by atoms with Crippen LogP contribution in [-0.4, -0.2) is 56.5 Å². The topological polar surface area (TPSA) is 44.4 Å². The van der Waals surface area contributed by atoms with Crippen molar-refractivity contribution in [2.45, 2.75) is 25.2 Å². The van der Waals surface area contributed by atoms with Crippen LogP contribution in [0.5, 0.6) is 0 Å². The molecule has 1 amide bonds. The number of amides is 1. The van der Waals surface area contributed by atoms with Crippen LogP contribution in [0.3, 0.4) is 0 Å². The van der Waals surface area contributed by atoms with Crippen molar-refractivity contribution in [3.05, 3.63) is 34.9 Å². The lowest BCUT2D eigenvalue weighted by Gasteiger charge is -2.32. The third-order valence-corrected chi connectivity index (χ3v) is 8.39. The van der Waals surface area contributed by atoms with E-state index in [2.05, 4.69) is 28.2 Å². The van der Waals surface area contributed by atoms with Crippen LogP contribution in [0.4, 0.5) is 26.3 Å². The van der Waals surface area contributed by atoms with E-state index in [-0.39, 0.29) is 25.8 Å². The number of piperidine rings is 1. The van der Waals surface area contributed by atoms with E-state index in [1.165, 1.54) is 0 Å². The lowest BCUT2D eigenvalue weighted by Crippen LogP contribution is -2.40. The Morgan fingerprint density at radius 1 is 1.10 bits per heavy atom. The fraction of sp³-hybridized carbons (Fsp3) is 0.632. The average Bonchev–Trinajstić information content (AvgIpc) is 2.71. The number of hydrogen-bond acceptors (Lipinski definition) is 4. The predicted octanol–water partition coefficient (Wildman–Crippen LogP) is 5.06. The maximum Gasteiger partial charge on any atom is 0.416 e. The van der Waals surface area contributed by atoms with Gasteiger partial charge in [0.15, 0.2) is 0 Å². The van der Waals surface area contributed by atoms with Crippen LogP contribution in [-0.2, 0) is 12.4 Å². The Hall–Kier alpha value is -1.03. The van der Waals surface area contributed by atoms with E-state index in [9.17, 15) is 31.1 Å². The van der Waals surface area contributed by atoms with E-state index < -0.39 is 35.0 Å². The fourth-order valence-corrected chi connectivity index (χ4v) is 4.47. The molecule has 1 aromatic carbocycles. The molecule has 0 saturated carbocycles. The molecule has 1 heterocycles. The zero-order chi connectivity index (χ0) is 23.2. The van der Waals surface area contributed by atoms with Crippen LogP contribution in [0.15, 0.2) is 18.2 Å². The second kappa shape index (κ2) is 11.2. The Kier molecular flexibility index (Phi) is 9.48. The van der Waals surface area contributed by atoms with Crippen molar-refractivity contribution in [1.29, 1.82) is 0 Å². The molecule has 1 atom stereocenters. The van der Waals surface area contributed by atoms with Gasteiger partial charge in [-0.1, -0.05) is 0 Å². The predicted molar refractivity (Wildman–Crippen MR) is 112 cm³/mol. The molecule has 1 aliphatic heterocycles. The summed E-state index contributed by atoms with van der Waals surface area (Å²) in [6.45, 7) is 5.85. The molecule has 2 rings (SSSR count). The van der Waals surface area contributed by atoms with E-state index in [4.69, 9.17) is 0 Å². The van der Waals surface area contributed by atoms with Crippen molar-refractivity contribution in [3.63, 3.8) is 0 Å². The first kappa shape index (κ1) is 26.2. The van der Waals surface area contributed by atoms with E-state index in [0.717, 1.165) is 39.0 Å². The standard InChI is InChI=1S/C19H26F6N3OPS/c1-30(31-2)27-5-8-28-6-3-13(4-7-28)12-26-17(29)14-9-15(18(20,21)22)11-16(10-14)19(23,24)25/h9-11,13,27H,3-8,12H2,1-2H3,(H,26,29). The second-order valence-corrected chi connectivity index (χ2v) is 11.8. The van der Waals surface area contributed by atoms with Gasteiger partial charge in [0.25, 0.3) is 5.91 Å². The first-order valence-electron chi connectivity index (χ1n) is 9.71. The lowest BCUT2D eigenvalue weighted by atomic mass is 9.96. The van der Waals surface area contributed by atoms with Gasteiger partial charge in [0, 0.05) is 32.5 Å². The van der Waals surface area contributed by atoms with Gasteiger partial charge >= 0.3 is 12.4 Å². The number of hydrogen-bond donors (Lipinski definition) is 2. The van der Waals surface area contributed by atoms with E-state index in [0.29, 0.717) is 12.1 Å². The van der Waals surface area contributed by atoms with Crippen LogP contribution >= 0.6 is 18.7 Å². The number of alkyl halides is 6. The van der Waals surface area contributed by atoms with E-state index in [1.807, 2.05) is 0 Å². The molecule has 2 N–H and O–H groups in total. The van der Waals surface area contributed by atoms with Gasteiger partial charge in [0.2, 0.25) is 0 Å². The molecular weight excluding hydrogens is 463 g/mol. The van der Waals surface area contributed by atoms with Gasteiger partial charge in [-0.25, -0.2) is 0 Å². The molecule has 12 heteroatoms. The van der Waals surface area contributed by atoms with Gasteiger partial charge in [-0.3, -0.25) is 9.88 Å². The van der Waals surface area contributed by atoms with Crippen LogP contribution < -0.4 is 10.4 Å². The number of nitrogens with zero attached hydrogens (tertiary/aromatic N) is 1. The van der Waals surface area contributed by atoms with E-state index in [1.54, 1.807) is 11.4 Å².